The van der Waals surface area contributed by atoms with Crippen molar-refractivity contribution in [2.24, 2.45) is 0 Å². The molecule has 3 aromatic rings. The molecule has 7 nitrogen and oxygen atoms in total. The fraction of sp³-hybridized carbons (Fsp3) is 0.604. The third kappa shape index (κ3) is 11.9. The molecule has 0 N–H and O–H groups in total. The van der Waals surface area contributed by atoms with E-state index in [1.54, 1.807) is 0 Å². The first-order valence-electron chi connectivity index (χ1n) is 21.7. The summed E-state index contributed by atoms with van der Waals surface area (Å²) in [4.78, 5) is 21.0. The molecule has 0 amide bonds. The topological polar surface area (TPSA) is 54.5 Å². The lowest BCUT2D eigenvalue weighted by atomic mass is 9.74. The first kappa shape index (κ1) is 42.9. The van der Waals surface area contributed by atoms with Gasteiger partial charge in [0.05, 0.1) is 0 Å². The number of carbonyl (C=O) groups is 1. The van der Waals surface area contributed by atoms with Crippen molar-refractivity contribution >= 4 is 16.7 Å². The number of fused-ring (bicyclic) bond motifs is 2. The normalized spacial score (nSPS) is 18.4. The second-order valence-corrected chi connectivity index (χ2v) is 16.2. The Bertz CT molecular complexity index is 1680. The summed E-state index contributed by atoms with van der Waals surface area (Å²) in [5, 5.41) is 2.57. The molecular formula is C48H71N3O4. The van der Waals surface area contributed by atoms with Gasteiger partial charge < -0.3 is 24.0 Å². The largest absolute Gasteiger partial charge is 0.485 e. The van der Waals surface area contributed by atoms with Gasteiger partial charge in [-0.2, -0.15) is 0 Å². The number of ether oxygens (including phenoxy) is 3. The number of aryl methyl sites for hydroxylation is 1. The first-order chi connectivity index (χ1) is 26.7. The van der Waals surface area contributed by atoms with Gasteiger partial charge in [0.1, 0.15) is 23.2 Å². The minimum absolute atomic E-state index is 0.0764. The van der Waals surface area contributed by atoms with Gasteiger partial charge in [-0.1, -0.05) is 95.5 Å². The van der Waals surface area contributed by atoms with Crippen molar-refractivity contribution in [3.05, 3.63) is 82.9 Å². The molecular weight excluding hydrogens is 683 g/mol. The zero-order valence-electron chi connectivity index (χ0n) is 35.3. The van der Waals surface area contributed by atoms with Crippen LogP contribution in [-0.4, -0.2) is 91.3 Å². The van der Waals surface area contributed by atoms with Crippen LogP contribution in [0, 0.1) is 0 Å². The Balaban J connectivity index is 1.45. The van der Waals surface area contributed by atoms with Crippen LogP contribution in [0.25, 0.3) is 10.8 Å². The number of benzene rings is 3. The van der Waals surface area contributed by atoms with E-state index in [1.165, 1.54) is 33.9 Å². The maximum Gasteiger partial charge on any atom is 0.311 e. The second kappa shape index (κ2) is 21.3. The molecule has 0 aromatic heterocycles. The van der Waals surface area contributed by atoms with Crippen LogP contribution in [0.3, 0.4) is 0 Å². The Morgan fingerprint density at radius 2 is 1.56 bits per heavy atom. The number of hydrogen-bond acceptors (Lipinski definition) is 7. The molecule has 0 spiro atoms. The van der Waals surface area contributed by atoms with Gasteiger partial charge in [0.15, 0.2) is 0 Å². The highest BCUT2D eigenvalue weighted by molar-refractivity contribution is 5.83. The van der Waals surface area contributed by atoms with Gasteiger partial charge in [0, 0.05) is 44.1 Å². The van der Waals surface area contributed by atoms with Crippen LogP contribution in [0.4, 0.5) is 0 Å². The lowest BCUT2D eigenvalue weighted by Crippen LogP contribution is -2.51. The predicted octanol–water partition coefficient (Wildman–Crippen LogP) is 10.2. The van der Waals surface area contributed by atoms with Crippen LogP contribution in [0.5, 0.6) is 11.5 Å². The van der Waals surface area contributed by atoms with E-state index in [2.05, 4.69) is 124 Å². The van der Waals surface area contributed by atoms with Gasteiger partial charge >= 0.3 is 5.97 Å². The number of hydrogen-bond donors (Lipinski definition) is 0. The molecule has 0 fully saturated rings. The average molecular weight is 754 g/mol. The van der Waals surface area contributed by atoms with E-state index in [0.29, 0.717) is 18.8 Å². The second-order valence-electron chi connectivity index (χ2n) is 16.2. The Morgan fingerprint density at radius 1 is 0.836 bits per heavy atom. The van der Waals surface area contributed by atoms with Gasteiger partial charge in [-0.3, -0.25) is 9.69 Å². The zero-order valence-corrected chi connectivity index (χ0v) is 35.3. The van der Waals surface area contributed by atoms with Gasteiger partial charge in [-0.25, -0.2) is 0 Å². The standard InChI is InChI=1S/C48H71N3O4/c1-8-13-14-20-37-34-42(54-44(52)23-19-29-50(11-4)12-5)46-43(35-37)55-48(6,7)47(53-32-18-17-28-49(9-2)10-3)45(46)40-26-30-51(31-27-40)36-38-24-25-39-21-15-16-22-41(39)33-38/h15-16,21-22,24-26,33-35,45,47H,8-14,17-20,23,27-32,36H2,1-7H3. The SMILES string of the molecule is CCCCCc1cc(OC(=O)CCCN(CC)CC)c2c(c1)OC(C)(C)C(OCCCCN(CC)CC)C2C1=CCN(Cc2ccc3ccccc3c2)CC1. The van der Waals surface area contributed by atoms with Crippen molar-refractivity contribution in [2.75, 3.05) is 59.0 Å². The summed E-state index contributed by atoms with van der Waals surface area (Å²) in [6.07, 6.45) is 10.7. The van der Waals surface area contributed by atoms with E-state index in [1.807, 2.05) is 0 Å². The van der Waals surface area contributed by atoms with Crippen molar-refractivity contribution in [1.29, 1.82) is 0 Å². The molecule has 2 unspecified atom stereocenters. The van der Waals surface area contributed by atoms with E-state index >= 15 is 0 Å². The van der Waals surface area contributed by atoms with Gasteiger partial charge in [0.2, 0.25) is 0 Å². The Kier molecular flexibility index (Phi) is 16.6. The molecule has 2 heterocycles. The van der Waals surface area contributed by atoms with Crippen molar-refractivity contribution in [1.82, 2.24) is 14.7 Å². The Hall–Kier alpha value is -3.23. The van der Waals surface area contributed by atoms with Crippen LogP contribution in [0.2, 0.25) is 0 Å². The maximum absolute atomic E-state index is 13.6. The summed E-state index contributed by atoms with van der Waals surface area (Å²) in [6.45, 7) is 24.9. The van der Waals surface area contributed by atoms with E-state index in [-0.39, 0.29) is 18.0 Å². The number of esters is 1. The summed E-state index contributed by atoms with van der Waals surface area (Å²) in [7, 11) is 0. The van der Waals surface area contributed by atoms with Crippen molar-refractivity contribution in [3.8, 4) is 11.5 Å². The third-order valence-corrected chi connectivity index (χ3v) is 11.9. The molecule has 2 aliphatic heterocycles. The maximum atomic E-state index is 13.6. The summed E-state index contributed by atoms with van der Waals surface area (Å²) in [5.74, 6) is 1.26. The fourth-order valence-electron chi connectivity index (χ4n) is 8.52. The molecule has 3 aromatic carbocycles. The molecule has 0 bridgehead atoms. The van der Waals surface area contributed by atoms with Gasteiger partial charge in [-0.05, 0) is 132 Å². The highest BCUT2D eigenvalue weighted by Crippen LogP contribution is 2.51. The third-order valence-electron chi connectivity index (χ3n) is 11.9. The van der Waals surface area contributed by atoms with Crippen molar-refractivity contribution in [3.63, 3.8) is 0 Å². The smallest absolute Gasteiger partial charge is 0.311 e. The van der Waals surface area contributed by atoms with Crippen molar-refractivity contribution < 1.29 is 19.0 Å². The number of rotatable bonds is 22. The molecule has 2 aliphatic rings. The summed E-state index contributed by atoms with van der Waals surface area (Å²) in [5.41, 5.74) is 4.27. The molecule has 55 heavy (non-hydrogen) atoms. The molecule has 7 heteroatoms. The molecule has 0 aliphatic carbocycles. The Labute approximate surface area is 333 Å². The molecule has 302 valence electrons. The monoisotopic (exact) mass is 754 g/mol. The lowest BCUT2D eigenvalue weighted by molar-refractivity contribution is -0.134. The first-order valence-corrected chi connectivity index (χ1v) is 21.7. The number of carbonyl (C=O) groups excluding carboxylic acids is 1. The summed E-state index contributed by atoms with van der Waals surface area (Å²) in [6, 6.07) is 19.8. The fourth-order valence-corrected chi connectivity index (χ4v) is 8.52. The van der Waals surface area contributed by atoms with Crippen LogP contribution < -0.4 is 9.47 Å². The van der Waals surface area contributed by atoms with Crippen LogP contribution in [-0.2, 0) is 22.5 Å². The van der Waals surface area contributed by atoms with Crippen molar-refractivity contribution in [2.45, 2.75) is 130 Å². The molecule has 0 saturated carbocycles. The van der Waals surface area contributed by atoms with Gasteiger partial charge in [-0.15, -0.1) is 0 Å². The van der Waals surface area contributed by atoms with E-state index in [0.717, 1.165) is 115 Å². The lowest BCUT2D eigenvalue weighted by Gasteiger charge is -2.47. The van der Waals surface area contributed by atoms with E-state index in [4.69, 9.17) is 14.2 Å². The van der Waals surface area contributed by atoms with Crippen LogP contribution >= 0.6 is 0 Å². The quantitative estimate of drug-likeness (QED) is 0.0438. The molecule has 0 radical (unpaired) electrons. The van der Waals surface area contributed by atoms with Crippen LogP contribution in [0.15, 0.2) is 66.2 Å². The Morgan fingerprint density at radius 3 is 2.25 bits per heavy atom. The molecule has 0 saturated heterocycles. The predicted molar refractivity (Wildman–Crippen MR) is 228 cm³/mol. The van der Waals surface area contributed by atoms with Gasteiger partial charge in [0.25, 0.3) is 0 Å². The van der Waals surface area contributed by atoms with E-state index in [9.17, 15) is 4.79 Å². The summed E-state index contributed by atoms with van der Waals surface area (Å²) >= 11 is 0. The minimum atomic E-state index is -0.577. The van der Waals surface area contributed by atoms with E-state index < -0.39 is 5.60 Å². The molecule has 2 atom stereocenters. The van der Waals surface area contributed by atoms with Crippen LogP contribution in [0.1, 0.15) is 122 Å². The highest BCUT2D eigenvalue weighted by atomic mass is 16.6. The minimum Gasteiger partial charge on any atom is -0.485 e. The number of nitrogens with zero attached hydrogens (tertiary/aromatic N) is 3. The molecule has 5 rings (SSSR count). The zero-order chi connectivity index (χ0) is 39.2. The average Bonchev–Trinajstić information content (AvgIpc) is 3.18. The highest BCUT2D eigenvalue weighted by Gasteiger charge is 2.48. The summed E-state index contributed by atoms with van der Waals surface area (Å²) < 4.78 is 20.4. The number of unbranched alkanes of at least 4 members (excludes halogenated alkanes) is 3.